The molecule has 1 aromatic rings. The number of hydrogen-bond donors (Lipinski definition) is 1. The highest BCUT2D eigenvalue weighted by Gasteiger charge is 2.44. The van der Waals surface area contributed by atoms with Gasteiger partial charge in [-0.15, -0.1) is 0 Å². The number of pyridine rings is 1. The zero-order valence-corrected chi connectivity index (χ0v) is 7.75. The first-order valence-corrected chi connectivity index (χ1v) is 4.49. The van der Waals surface area contributed by atoms with Crippen LogP contribution in [0.2, 0.25) is 0 Å². The normalized spacial score (nSPS) is 25.2. The van der Waals surface area contributed by atoms with E-state index >= 15 is 0 Å². The van der Waals surface area contributed by atoms with Crippen LogP contribution in [-0.4, -0.2) is 15.9 Å². The van der Waals surface area contributed by atoms with Crippen LogP contribution < -0.4 is 0 Å². The summed E-state index contributed by atoms with van der Waals surface area (Å²) in [6, 6.07) is 1.51. The van der Waals surface area contributed by atoms with Gasteiger partial charge in [0.2, 0.25) is 5.95 Å². The molecule has 4 heteroatoms. The van der Waals surface area contributed by atoms with Crippen molar-refractivity contribution in [3.63, 3.8) is 0 Å². The molecule has 1 aromatic heterocycles. The molecular formula is C10H10FNO2. The van der Waals surface area contributed by atoms with E-state index < -0.39 is 11.5 Å². The van der Waals surface area contributed by atoms with Crippen LogP contribution in [0.5, 0.6) is 0 Å². The average Bonchev–Trinajstić information content (AvgIpc) is 2.43. The summed E-state index contributed by atoms with van der Waals surface area (Å²) in [4.78, 5) is 14.9. The van der Waals surface area contributed by atoms with Crippen LogP contribution in [0, 0.1) is 5.95 Å². The number of carbonyl (C=O) groups is 1. The predicted octanol–water partition coefficient (Wildman–Crippen LogP) is 0.944. The van der Waals surface area contributed by atoms with Crippen molar-refractivity contribution in [2.75, 3.05) is 0 Å². The Kier molecular flexibility index (Phi) is 1.89. The van der Waals surface area contributed by atoms with E-state index in [1.807, 2.05) is 0 Å². The van der Waals surface area contributed by atoms with Gasteiger partial charge in [-0.1, -0.05) is 6.92 Å². The third-order valence-electron chi connectivity index (χ3n) is 2.76. The predicted molar refractivity (Wildman–Crippen MR) is 47.1 cm³/mol. The Hall–Kier alpha value is -1.29. The number of hydrogen-bond acceptors (Lipinski definition) is 3. The second-order valence-electron chi connectivity index (χ2n) is 3.44. The molecule has 0 aliphatic heterocycles. The number of nitrogens with zero attached hydrogens (tertiary/aromatic N) is 1. The zero-order valence-electron chi connectivity index (χ0n) is 7.75. The number of ketones is 1. The Morgan fingerprint density at radius 3 is 3.07 bits per heavy atom. The average molecular weight is 195 g/mol. The smallest absolute Gasteiger partial charge is 0.216 e. The minimum absolute atomic E-state index is 0.0562. The van der Waals surface area contributed by atoms with Crippen molar-refractivity contribution < 1.29 is 14.3 Å². The summed E-state index contributed by atoms with van der Waals surface area (Å²) in [6.07, 6.45) is 1.48. The zero-order chi connectivity index (χ0) is 10.3. The maximum absolute atomic E-state index is 13.2. The van der Waals surface area contributed by atoms with Gasteiger partial charge in [0.15, 0.2) is 5.78 Å². The van der Waals surface area contributed by atoms with Gasteiger partial charge in [0.05, 0.1) is 0 Å². The molecule has 14 heavy (non-hydrogen) atoms. The summed E-state index contributed by atoms with van der Waals surface area (Å²) >= 11 is 0. The van der Waals surface area contributed by atoms with Gasteiger partial charge >= 0.3 is 0 Å². The summed E-state index contributed by atoms with van der Waals surface area (Å²) in [6.45, 7) is 1.70. The summed E-state index contributed by atoms with van der Waals surface area (Å²) in [5.41, 5.74) is -0.890. The second kappa shape index (κ2) is 2.85. The molecule has 0 aromatic carbocycles. The van der Waals surface area contributed by atoms with Crippen molar-refractivity contribution >= 4 is 5.78 Å². The Labute approximate surface area is 80.6 Å². The minimum atomic E-state index is -1.50. The van der Waals surface area contributed by atoms with E-state index in [1.54, 1.807) is 6.92 Å². The highest BCUT2D eigenvalue weighted by Crippen LogP contribution is 2.36. The van der Waals surface area contributed by atoms with E-state index in [-0.39, 0.29) is 24.2 Å². The molecule has 0 saturated carbocycles. The Morgan fingerprint density at radius 1 is 1.71 bits per heavy atom. The molecule has 0 saturated heterocycles. The molecule has 1 aliphatic rings. The molecule has 74 valence electrons. The highest BCUT2D eigenvalue weighted by atomic mass is 19.1. The number of Topliss-reactive ketones (excluding diaryl/α,β-unsaturated/α-hetero) is 1. The van der Waals surface area contributed by atoms with Gasteiger partial charge < -0.3 is 5.11 Å². The highest BCUT2D eigenvalue weighted by molar-refractivity contribution is 5.94. The molecule has 0 bridgehead atoms. The van der Waals surface area contributed by atoms with Crippen molar-refractivity contribution in [2.45, 2.75) is 25.4 Å². The number of carbonyl (C=O) groups excluding carboxylic acids is 1. The molecule has 1 N–H and O–H groups in total. The lowest BCUT2D eigenvalue weighted by Gasteiger charge is -2.19. The van der Waals surface area contributed by atoms with Gasteiger partial charge in [0.25, 0.3) is 0 Å². The van der Waals surface area contributed by atoms with Gasteiger partial charge in [0, 0.05) is 23.7 Å². The molecule has 0 spiro atoms. The lowest BCUT2D eigenvalue weighted by atomic mass is 9.93. The largest absolute Gasteiger partial charge is 0.377 e. The number of halogens is 1. The van der Waals surface area contributed by atoms with Crippen LogP contribution in [0.25, 0.3) is 0 Å². The monoisotopic (exact) mass is 195 g/mol. The van der Waals surface area contributed by atoms with Crippen LogP contribution in [0.4, 0.5) is 4.39 Å². The summed E-state index contributed by atoms with van der Waals surface area (Å²) in [7, 11) is 0. The first kappa shape index (κ1) is 9.27. The van der Waals surface area contributed by atoms with Crippen molar-refractivity contribution in [3.05, 3.63) is 29.3 Å². The van der Waals surface area contributed by atoms with Crippen molar-refractivity contribution in [1.29, 1.82) is 0 Å². The first-order valence-electron chi connectivity index (χ1n) is 4.49. The van der Waals surface area contributed by atoms with Gasteiger partial charge in [-0.05, 0) is 12.5 Å². The van der Waals surface area contributed by atoms with Crippen LogP contribution in [0.15, 0.2) is 12.3 Å². The third-order valence-corrected chi connectivity index (χ3v) is 2.76. The molecule has 1 atom stereocenters. The molecular weight excluding hydrogens is 185 g/mol. The number of aliphatic hydroxyl groups is 1. The van der Waals surface area contributed by atoms with Gasteiger partial charge in [-0.25, -0.2) is 4.98 Å². The third kappa shape index (κ3) is 1.00. The Morgan fingerprint density at radius 2 is 2.43 bits per heavy atom. The molecule has 0 fully saturated rings. The fourth-order valence-corrected chi connectivity index (χ4v) is 1.87. The van der Waals surface area contributed by atoms with E-state index in [0.29, 0.717) is 5.56 Å². The van der Waals surface area contributed by atoms with E-state index in [9.17, 15) is 14.3 Å². The number of rotatable bonds is 1. The van der Waals surface area contributed by atoms with Gasteiger partial charge in [-0.2, -0.15) is 4.39 Å². The van der Waals surface area contributed by atoms with Crippen LogP contribution >= 0.6 is 0 Å². The Balaban J connectivity index is 2.64. The lowest BCUT2D eigenvalue weighted by molar-refractivity contribution is -0.136. The van der Waals surface area contributed by atoms with Crippen molar-refractivity contribution in [2.24, 2.45) is 0 Å². The standard InChI is InChI=1S/C10H10FNO2/c1-2-10(14)7-3-4-12-9(11)6(7)5-8(10)13/h3-4,14H,2,5H2,1H3/t10-/m0/s1. The van der Waals surface area contributed by atoms with E-state index in [2.05, 4.69) is 4.98 Å². The van der Waals surface area contributed by atoms with E-state index in [1.165, 1.54) is 12.3 Å². The quantitative estimate of drug-likeness (QED) is 0.678. The maximum Gasteiger partial charge on any atom is 0.216 e. The molecule has 3 nitrogen and oxygen atoms in total. The maximum atomic E-state index is 13.2. The van der Waals surface area contributed by atoms with Crippen LogP contribution in [0.1, 0.15) is 24.5 Å². The minimum Gasteiger partial charge on any atom is -0.377 e. The van der Waals surface area contributed by atoms with Crippen molar-refractivity contribution in [3.8, 4) is 0 Å². The molecule has 0 amide bonds. The second-order valence-corrected chi connectivity index (χ2v) is 3.44. The number of fused-ring (bicyclic) bond motifs is 1. The molecule has 0 unspecified atom stereocenters. The van der Waals surface area contributed by atoms with E-state index in [4.69, 9.17) is 0 Å². The summed E-state index contributed by atoms with van der Waals surface area (Å²) in [5, 5.41) is 10.0. The lowest BCUT2D eigenvalue weighted by Crippen LogP contribution is -2.30. The summed E-state index contributed by atoms with van der Waals surface area (Å²) in [5.74, 6) is -0.998. The molecule has 0 radical (unpaired) electrons. The fraction of sp³-hybridized carbons (Fsp3) is 0.400. The van der Waals surface area contributed by atoms with Crippen molar-refractivity contribution in [1.82, 2.24) is 4.98 Å². The van der Waals surface area contributed by atoms with Gasteiger partial charge in [0.1, 0.15) is 5.60 Å². The van der Waals surface area contributed by atoms with E-state index in [0.717, 1.165) is 0 Å². The topological polar surface area (TPSA) is 50.2 Å². The van der Waals surface area contributed by atoms with Crippen LogP contribution in [0.3, 0.4) is 0 Å². The first-order chi connectivity index (χ1) is 6.59. The van der Waals surface area contributed by atoms with Gasteiger partial charge in [-0.3, -0.25) is 4.79 Å². The molecule has 2 rings (SSSR count). The molecule has 1 heterocycles. The SMILES string of the molecule is CC[C@@]1(O)C(=O)Cc2c1ccnc2F. The fourth-order valence-electron chi connectivity index (χ4n) is 1.87. The van der Waals surface area contributed by atoms with Crippen LogP contribution in [-0.2, 0) is 16.8 Å². The number of aromatic nitrogens is 1. The Bertz CT molecular complexity index is 405. The molecule has 1 aliphatic carbocycles. The summed E-state index contributed by atoms with van der Waals surface area (Å²) < 4.78 is 13.2.